The maximum atomic E-state index is 11.5. The van der Waals surface area contributed by atoms with Gasteiger partial charge in [0.1, 0.15) is 0 Å². The highest BCUT2D eigenvalue weighted by atomic mass is 16.2. The molecule has 2 atom stereocenters. The Morgan fingerprint density at radius 3 is 2.86 bits per heavy atom. The van der Waals surface area contributed by atoms with Crippen molar-refractivity contribution in [3.63, 3.8) is 0 Å². The number of carbonyl (C=O) groups is 2. The van der Waals surface area contributed by atoms with Gasteiger partial charge in [0.15, 0.2) is 5.96 Å². The van der Waals surface area contributed by atoms with Gasteiger partial charge in [0.2, 0.25) is 5.91 Å². The molecule has 1 aliphatic carbocycles. The van der Waals surface area contributed by atoms with Crippen LogP contribution in [0.15, 0.2) is 4.99 Å². The number of guanidine groups is 1. The summed E-state index contributed by atoms with van der Waals surface area (Å²) in [6.07, 6.45) is 4.88. The van der Waals surface area contributed by atoms with Crippen molar-refractivity contribution < 1.29 is 9.59 Å². The number of hydrogen-bond acceptors (Lipinski definition) is 3. The van der Waals surface area contributed by atoms with E-state index in [9.17, 15) is 9.59 Å². The van der Waals surface area contributed by atoms with E-state index >= 15 is 0 Å². The minimum Gasteiger partial charge on any atom is -0.355 e. The lowest BCUT2D eigenvalue weighted by Crippen LogP contribution is -2.47. The zero-order chi connectivity index (χ0) is 15.2. The number of imide groups is 1. The molecule has 3 N–H and O–H groups in total. The van der Waals surface area contributed by atoms with Gasteiger partial charge < -0.3 is 16.0 Å². The minimum absolute atomic E-state index is 0.103. The van der Waals surface area contributed by atoms with Crippen LogP contribution in [0.1, 0.15) is 32.6 Å². The van der Waals surface area contributed by atoms with Crippen LogP contribution in [0.4, 0.5) is 4.79 Å². The smallest absolute Gasteiger partial charge is 0.324 e. The Morgan fingerprint density at radius 1 is 1.43 bits per heavy atom. The molecule has 2 aliphatic rings. The van der Waals surface area contributed by atoms with Crippen molar-refractivity contribution in [3.05, 3.63) is 0 Å². The molecular weight excluding hydrogens is 270 g/mol. The van der Waals surface area contributed by atoms with E-state index in [1.54, 1.807) is 7.05 Å². The van der Waals surface area contributed by atoms with Gasteiger partial charge in [-0.25, -0.2) is 4.79 Å². The average Bonchev–Trinajstić information content (AvgIpc) is 2.78. The van der Waals surface area contributed by atoms with Crippen molar-refractivity contribution >= 4 is 17.9 Å². The van der Waals surface area contributed by atoms with Crippen molar-refractivity contribution in [1.29, 1.82) is 0 Å². The zero-order valence-corrected chi connectivity index (χ0v) is 12.8. The molecule has 0 bridgehead atoms. The number of hydrogen-bond donors (Lipinski definition) is 3. The van der Waals surface area contributed by atoms with E-state index in [-0.39, 0.29) is 18.5 Å². The lowest BCUT2D eigenvalue weighted by atomic mass is 9.87. The monoisotopic (exact) mass is 295 g/mol. The molecule has 0 aromatic heterocycles. The third-order valence-electron chi connectivity index (χ3n) is 4.07. The highest BCUT2D eigenvalue weighted by molar-refractivity contribution is 6.01. The van der Waals surface area contributed by atoms with Crippen LogP contribution < -0.4 is 16.0 Å². The quantitative estimate of drug-likeness (QED) is 0.395. The Labute approximate surface area is 125 Å². The summed E-state index contributed by atoms with van der Waals surface area (Å²) < 4.78 is 0. The number of amides is 3. The topological polar surface area (TPSA) is 85.8 Å². The molecule has 0 radical (unpaired) electrons. The Hall–Kier alpha value is -1.79. The Morgan fingerprint density at radius 2 is 2.24 bits per heavy atom. The lowest BCUT2D eigenvalue weighted by molar-refractivity contribution is -0.124. The first-order valence-electron chi connectivity index (χ1n) is 7.65. The molecule has 0 aromatic rings. The molecule has 2 fully saturated rings. The molecule has 0 aromatic carbocycles. The van der Waals surface area contributed by atoms with E-state index in [0.717, 1.165) is 24.7 Å². The van der Waals surface area contributed by atoms with E-state index in [4.69, 9.17) is 0 Å². The number of rotatable bonds is 4. The van der Waals surface area contributed by atoms with Crippen LogP contribution >= 0.6 is 0 Å². The van der Waals surface area contributed by atoms with E-state index in [0.29, 0.717) is 19.1 Å². The van der Waals surface area contributed by atoms with Crippen molar-refractivity contribution in [2.45, 2.75) is 38.6 Å². The number of urea groups is 1. The van der Waals surface area contributed by atoms with Gasteiger partial charge in [-0.2, -0.15) is 0 Å². The fourth-order valence-corrected chi connectivity index (χ4v) is 2.92. The average molecular weight is 295 g/mol. The highest BCUT2D eigenvalue weighted by Gasteiger charge is 2.27. The predicted octanol–water partition coefficient (Wildman–Crippen LogP) is 0.282. The van der Waals surface area contributed by atoms with Gasteiger partial charge in [0.05, 0.1) is 6.54 Å². The van der Waals surface area contributed by atoms with Crippen molar-refractivity contribution in [2.75, 3.05) is 26.7 Å². The second kappa shape index (κ2) is 7.28. The summed E-state index contributed by atoms with van der Waals surface area (Å²) in [5.41, 5.74) is 0. The summed E-state index contributed by atoms with van der Waals surface area (Å²) in [6, 6.07) is 0.141. The van der Waals surface area contributed by atoms with Gasteiger partial charge in [-0.1, -0.05) is 19.8 Å². The molecule has 1 saturated heterocycles. The molecule has 118 valence electrons. The standard InChI is InChI=1S/C14H25N5O2/c1-10-4-3-5-11(8-10)18-13(15-2)16-6-7-19-12(20)9-17-14(19)21/h10-11H,3-9H2,1-2H3,(H,17,21)(H2,15,16,18). The van der Waals surface area contributed by atoms with Gasteiger partial charge >= 0.3 is 6.03 Å². The van der Waals surface area contributed by atoms with Crippen LogP contribution in [-0.4, -0.2) is 55.5 Å². The van der Waals surface area contributed by atoms with E-state index in [1.165, 1.54) is 17.7 Å². The molecule has 1 saturated carbocycles. The van der Waals surface area contributed by atoms with Gasteiger partial charge in [-0.05, 0) is 18.8 Å². The van der Waals surface area contributed by atoms with Crippen LogP contribution in [-0.2, 0) is 4.79 Å². The number of nitrogens with one attached hydrogen (secondary N) is 3. The van der Waals surface area contributed by atoms with E-state index in [2.05, 4.69) is 27.9 Å². The molecular formula is C14H25N5O2. The van der Waals surface area contributed by atoms with Crippen LogP contribution in [0, 0.1) is 5.92 Å². The van der Waals surface area contributed by atoms with Crippen molar-refractivity contribution in [1.82, 2.24) is 20.9 Å². The molecule has 1 heterocycles. The molecule has 21 heavy (non-hydrogen) atoms. The molecule has 2 rings (SSSR count). The molecule has 3 amide bonds. The minimum atomic E-state index is -0.314. The first kappa shape index (κ1) is 15.6. The van der Waals surface area contributed by atoms with Gasteiger partial charge in [0, 0.05) is 26.2 Å². The van der Waals surface area contributed by atoms with Crippen LogP contribution in [0.2, 0.25) is 0 Å². The maximum Gasteiger partial charge on any atom is 0.324 e. The molecule has 7 heteroatoms. The summed E-state index contributed by atoms with van der Waals surface area (Å²) in [4.78, 5) is 28.3. The second-order valence-electron chi connectivity index (χ2n) is 5.82. The summed E-state index contributed by atoms with van der Waals surface area (Å²) in [6.45, 7) is 3.24. The number of nitrogens with zero attached hydrogens (tertiary/aromatic N) is 2. The third kappa shape index (κ3) is 4.34. The van der Waals surface area contributed by atoms with E-state index < -0.39 is 0 Å². The number of carbonyl (C=O) groups excluding carboxylic acids is 2. The normalized spacial score (nSPS) is 26.8. The first-order valence-corrected chi connectivity index (χ1v) is 7.65. The van der Waals surface area contributed by atoms with Crippen LogP contribution in [0.25, 0.3) is 0 Å². The van der Waals surface area contributed by atoms with Gasteiger partial charge in [-0.15, -0.1) is 0 Å². The van der Waals surface area contributed by atoms with Crippen LogP contribution in [0.3, 0.4) is 0 Å². The summed E-state index contributed by atoms with van der Waals surface area (Å²) >= 11 is 0. The summed E-state index contributed by atoms with van der Waals surface area (Å²) in [7, 11) is 1.73. The summed E-state index contributed by atoms with van der Waals surface area (Å²) in [5, 5.41) is 9.09. The molecule has 7 nitrogen and oxygen atoms in total. The van der Waals surface area contributed by atoms with E-state index in [1.807, 2.05) is 0 Å². The van der Waals surface area contributed by atoms with Crippen molar-refractivity contribution in [3.8, 4) is 0 Å². The van der Waals surface area contributed by atoms with Gasteiger partial charge in [-0.3, -0.25) is 14.7 Å². The Balaban J connectivity index is 1.73. The summed E-state index contributed by atoms with van der Waals surface area (Å²) in [5.74, 6) is 1.31. The molecule has 2 unspecified atom stereocenters. The number of aliphatic imine (C=N–C) groups is 1. The lowest BCUT2D eigenvalue weighted by Gasteiger charge is -2.29. The first-order chi connectivity index (χ1) is 10.1. The van der Waals surface area contributed by atoms with Crippen LogP contribution in [0.5, 0.6) is 0 Å². The fourth-order valence-electron chi connectivity index (χ4n) is 2.92. The molecule has 1 aliphatic heterocycles. The largest absolute Gasteiger partial charge is 0.355 e. The highest BCUT2D eigenvalue weighted by Crippen LogP contribution is 2.23. The predicted molar refractivity (Wildman–Crippen MR) is 81.0 cm³/mol. The fraction of sp³-hybridized carbons (Fsp3) is 0.786. The zero-order valence-electron chi connectivity index (χ0n) is 12.8. The van der Waals surface area contributed by atoms with Crippen molar-refractivity contribution in [2.24, 2.45) is 10.9 Å². The van der Waals surface area contributed by atoms with Gasteiger partial charge in [0.25, 0.3) is 0 Å². The maximum absolute atomic E-state index is 11.5. The SMILES string of the molecule is CN=C(NCCN1C(=O)CNC1=O)NC1CCCC(C)C1. The third-order valence-corrected chi connectivity index (χ3v) is 4.07. The Bertz CT molecular complexity index is 408. The molecule has 0 spiro atoms. The Kier molecular flexibility index (Phi) is 5.41. The second-order valence-corrected chi connectivity index (χ2v) is 5.82.